The van der Waals surface area contributed by atoms with E-state index in [1.54, 1.807) is 19.1 Å². The Labute approximate surface area is 149 Å². The largest absolute Gasteiger partial charge is 0.490 e. The molecule has 1 atom stereocenters. The molecule has 0 aliphatic carbocycles. The minimum atomic E-state index is -5.08. The molecule has 9 heteroatoms. The van der Waals surface area contributed by atoms with Crippen LogP contribution in [0.3, 0.4) is 0 Å². The highest BCUT2D eigenvalue weighted by Crippen LogP contribution is 2.18. The molecule has 2 rings (SSSR count). The van der Waals surface area contributed by atoms with Gasteiger partial charge in [0.05, 0.1) is 17.2 Å². The number of hydrogen-bond donors (Lipinski definition) is 2. The van der Waals surface area contributed by atoms with Crippen molar-refractivity contribution in [3.05, 3.63) is 35.4 Å². The summed E-state index contributed by atoms with van der Waals surface area (Å²) >= 11 is 0. The van der Waals surface area contributed by atoms with Crippen LogP contribution >= 0.6 is 0 Å². The predicted molar refractivity (Wildman–Crippen MR) is 87.0 cm³/mol. The number of nitriles is 1. The molecule has 0 saturated carbocycles. The number of aliphatic carboxylic acids is 1. The van der Waals surface area contributed by atoms with Crippen LogP contribution in [0.5, 0.6) is 0 Å². The number of carbonyl (C=O) groups is 2. The van der Waals surface area contributed by atoms with E-state index in [0.717, 1.165) is 31.5 Å². The third kappa shape index (κ3) is 6.37. The van der Waals surface area contributed by atoms with Crippen LogP contribution in [0, 0.1) is 11.3 Å². The average molecular weight is 371 g/mol. The van der Waals surface area contributed by atoms with Crippen LogP contribution in [0.1, 0.15) is 30.9 Å². The second-order valence-electron chi connectivity index (χ2n) is 6.21. The van der Waals surface area contributed by atoms with E-state index in [2.05, 4.69) is 6.07 Å². The molecule has 1 amide bonds. The predicted octanol–water partition coefficient (Wildman–Crippen LogP) is 2.07. The maximum absolute atomic E-state index is 12.3. The molecule has 1 aromatic rings. The third-order valence-corrected chi connectivity index (χ3v) is 3.78. The topological polar surface area (TPSA) is 107 Å². The van der Waals surface area contributed by atoms with E-state index in [1.807, 2.05) is 17.0 Å². The number of carboxylic acids is 1. The summed E-state index contributed by atoms with van der Waals surface area (Å²) in [6, 6.07) is 9.31. The molecule has 26 heavy (non-hydrogen) atoms. The molecular formula is C17H20F3N3O3. The van der Waals surface area contributed by atoms with Gasteiger partial charge in [-0.15, -0.1) is 0 Å². The SMILES string of the molecule is CC(N)(Cc1ccc(C#N)cc1)C(=O)N1CCCC1.O=C(O)C(F)(F)F. The van der Waals surface area contributed by atoms with Gasteiger partial charge in [-0.05, 0) is 43.9 Å². The fourth-order valence-corrected chi connectivity index (χ4v) is 2.48. The van der Waals surface area contributed by atoms with E-state index < -0.39 is 17.7 Å². The van der Waals surface area contributed by atoms with Gasteiger partial charge in [0.15, 0.2) is 0 Å². The molecule has 1 aromatic carbocycles. The van der Waals surface area contributed by atoms with Crippen LogP contribution in [0.2, 0.25) is 0 Å². The monoisotopic (exact) mass is 371 g/mol. The van der Waals surface area contributed by atoms with Gasteiger partial charge in [0, 0.05) is 13.1 Å². The number of likely N-dealkylation sites (tertiary alicyclic amines) is 1. The van der Waals surface area contributed by atoms with Gasteiger partial charge in [0.25, 0.3) is 0 Å². The molecule has 142 valence electrons. The smallest absolute Gasteiger partial charge is 0.475 e. The van der Waals surface area contributed by atoms with Crippen LogP contribution in [-0.2, 0) is 16.0 Å². The lowest BCUT2D eigenvalue weighted by Crippen LogP contribution is -2.53. The quantitative estimate of drug-likeness (QED) is 0.846. The van der Waals surface area contributed by atoms with Crippen molar-refractivity contribution in [1.29, 1.82) is 5.26 Å². The van der Waals surface area contributed by atoms with Crippen molar-refractivity contribution in [2.24, 2.45) is 5.73 Å². The Morgan fingerprint density at radius 2 is 1.69 bits per heavy atom. The number of halogens is 3. The second kappa shape index (κ2) is 8.67. The number of rotatable bonds is 3. The molecule has 1 aliphatic heterocycles. The Morgan fingerprint density at radius 1 is 1.23 bits per heavy atom. The number of nitrogens with zero attached hydrogens (tertiary/aromatic N) is 2. The van der Waals surface area contributed by atoms with Gasteiger partial charge in [-0.3, -0.25) is 4.79 Å². The maximum Gasteiger partial charge on any atom is 0.490 e. The summed E-state index contributed by atoms with van der Waals surface area (Å²) in [7, 11) is 0. The second-order valence-corrected chi connectivity index (χ2v) is 6.21. The van der Waals surface area contributed by atoms with Gasteiger partial charge in [0.2, 0.25) is 5.91 Å². The summed E-state index contributed by atoms with van der Waals surface area (Å²) in [5.41, 5.74) is 6.91. The van der Waals surface area contributed by atoms with E-state index in [9.17, 15) is 18.0 Å². The van der Waals surface area contributed by atoms with Crippen LogP contribution < -0.4 is 5.73 Å². The average Bonchev–Trinajstić information content (AvgIpc) is 3.08. The molecule has 1 aliphatic rings. The summed E-state index contributed by atoms with van der Waals surface area (Å²) in [6.45, 7) is 3.42. The van der Waals surface area contributed by atoms with Crippen molar-refractivity contribution in [2.75, 3.05) is 13.1 Å². The zero-order valence-corrected chi connectivity index (χ0v) is 14.2. The highest BCUT2D eigenvalue weighted by atomic mass is 19.4. The number of hydrogen-bond acceptors (Lipinski definition) is 4. The lowest BCUT2D eigenvalue weighted by Gasteiger charge is -2.29. The molecule has 0 radical (unpaired) electrons. The summed E-state index contributed by atoms with van der Waals surface area (Å²) in [4.78, 5) is 23.1. The molecule has 0 spiro atoms. The Morgan fingerprint density at radius 3 is 2.08 bits per heavy atom. The van der Waals surface area contributed by atoms with Crippen molar-refractivity contribution in [1.82, 2.24) is 4.90 Å². The van der Waals surface area contributed by atoms with Crippen LogP contribution in [0.4, 0.5) is 13.2 Å². The van der Waals surface area contributed by atoms with E-state index in [1.165, 1.54) is 0 Å². The molecule has 1 saturated heterocycles. The zero-order valence-electron chi connectivity index (χ0n) is 14.2. The molecule has 0 aromatic heterocycles. The Kier molecular flexibility index (Phi) is 7.15. The van der Waals surface area contributed by atoms with Crippen LogP contribution in [-0.4, -0.2) is 46.7 Å². The van der Waals surface area contributed by atoms with Gasteiger partial charge in [-0.25, -0.2) is 4.79 Å². The van der Waals surface area contributed by atoms with Crippen molar-refractivity contribution < 1.29 is 27.9 Å². The molecule has 1 unspecified atom stereocenters. The fraction of sp³-hybridized carbons (Fsp3) is 0.471. The molecule has 6 nitrogen and oxygen atoms in total. The first-order valence-electron chi connectivity index (χ1n) is 7.85. The van der Waals surface area contributed by atoms with E-state index >= 15 is 0 Å². The first-order chi connectivity index (χ1) is 12.0. The molecule has 3 N–H and O–H groups in total. The summed E-state index contributed by atoms with van der Waals surface area (Å²) in [5.74, 6) is -2.73. The molecule has 0 bridgehead atoms. The van der Waals surface area contributed by atoms with Crippen molar-refractivity contribution in [3.63, 3.8) is 0 Å². The van der Waals surface area contributed by atoms with Gasteiger partial charge in [0.1, 0.15) is 0 Å². The zero-order chi connectivity index (χ0) is 20.0. The summed E-state index contributed by atoms with van der Waals surface area (Å²) < 4.78 is 31.7. The number of carbonyl (C=O) groups excluding carboxylic acids is 1. The third-order valence-electron chi connectivity index (χ3n) is 3.78. The lowest BCUT2D eigenvalue weighted by atomic mass is 9.92. The Bertz CT molecular complexity index is 673. The van der Waals surface area contributed by atoms with Crippen LogP contribution in [0.15, 0.2) is 24.3 Å². The fourth-order valence-electron chi connectivity index (χ4n) is 2.48. The number of nitrogens with two attached hydrogens (primary N) is 1. The van der Waals surface area contributed by atoms with Crippen molar-refractivity contribution in [3.8, 4) is 6.07 Å². The summed E-state index contributed by atoms with van der Waals surface area (Å²) in [6.07, 6.45) is -2.45. The lowest BCUT2D eigenvalue weighted by molar-refractivity contribution is -0.192. The van der Waals surface area contributed by atoms with E-state index in [-0.39, 0.29) is 5.91 Å². The Hall–Kier alpha value is -2.60. The standard InChI is InChI=1S/C15H19N3O.C2HF3O2/c1-15(17,14(19)18-8-2-3-9-18)10-12-4-6-13(11-16)7-5-12;3-2(4,5)1(6)7/h4-7H,2-3,8-10,17H2,1H3;(H,6,7). The minimum absolute atomic E-state index is 0.0226. The first-order valence-corrected chi connectivity index (χ1v) is 7.85. The van der Waals surface area contributed by atoms with E-state index in [0.29, 0.717) is 12.0 Å². The van der Waals surface area contributed by atoms with Gasteiger partial charge in [-0.2, -0.15) is 18.4 Å². The number of carboxylic acid groups (broad SMARTS) is 1. The summed E-state index contributed by atoms with van der Waals surface area (Å²) in [5, 5.41) is 15.9. The number of benzene rings is 1. The van der Waals surface area contributed by atoms with Crippen molar-refractivity contribution >= 4 is 11.9 Å². The maximum atomic E-state index is 12.3. The highest BCUT2D eigenvalue weighted by molar-refractivity contribution is 5.86. The normalized spacial score (nSPS) is 16.1. The molecule has 1 heterocycles. The number of amides is 1. The highest BCUT2D eigenvalue weighted by Gasteiger charge is 2.38. The molecule has 1 fully saturated rings. The van der Waals surface area contributed by atoms with Crippen molar-refractivity contribution in [2.45, 2.75) is 37.9 Å². The number of alkyl halides is 3. The van der Waals surface area contributed by atoms with Crippen LogP contribution in [0.25, 0.3) is 0 Å². The minimum Gasteiger partial charge on any atom is -0.475 e. The Balaban J connectivity index is 0.000000412. The first kappa shape index (κ1) is 21.4. The van der Waals surface area contributed by atoms with Gasteiger partial charge in [-0.1, -0.05) is 12.1 Å². The molecular weight excluding hydrogens is 351 g/mol. The van der Waals surface area contributed by atoms with Gasteiger partial charge >= 0.3 is 12.1 Å². The van der Waals surface area contributed by atoms with E-state index in [4.69, 9.17) is 20.9 Å². The van der Waals surface area contributed by atoms with Gasteiger partial charge < -0.3 is 15.7 Å².